The molecule has 2 fully saturated rings. The summed E-state index contributed by atoms with van der Waals surface area (Å²) >= 11 is 12.8. The van der Waals surface area contributed by atoms with Crippen LogP contribution in [0.5, 0.6) is 0 Å². The van der Waals surface area contributed by atoms with Crippen LogP contribution in [0.1, 0.15) is 0 Å². The summed E-state index contributed by atoms with van der Waals surface area (Å²) in [5.41, 5.74) is 0. The fourth-order valence-electron chi connectivity index (χ4n) is 1.15. The Labute approximate surface area is 112 Å². The average Bonchev–Trinajstić information content (AvgIpc) is 2.86. The Morgan fingerprint density at radius 3 is 1.43 bits per heavy atom. The SMILES string of the molecule is C1CSB(SCCSB2SCCS2)S1. The van der Waals surface area contributed by atoms with Crippen LogP contribution in [-0.4, -0.2) is 43.6 Å². The smallest absolute Gasteiger partial charge is 0.183 e. The van der Waals surface area contributed by atoms with E-state index in [9.17, 15) is 0 Å². The van der Waals surface area contributed by atoms with E-state index in [1.807, 2.05) is 0 Å². The minimum absolute atomic E-state index is 0.847. The predicted octanol–water partition coefficient (Wildman–Crippen LogP) is 3.38. The molecule has 0 aromatic rings. The molecule has 78 valence electrons. The second-order valence-corrected chi connectivity index (χ2v) is 11.9. The third-order valence-electron chi connectivity index (χ3n) is 1.77. The highest BCUT2D eigenvalue weighted by Crippen LogP contribution is 2.38. The zero-order valence-electron chi connectivity index (χ0n) is 7.85. The Morgan fingerprint density at radius 1 is 0.714 bits per heavy atom. The highest BCUT2D eigenvalue weighted by Gasteiger charge is 2.23. The molecule has 2 rings (SSSR count). The summed E-state index contributed by atoms with van der Waals surface area (Å²) in [6, 6.07) is 0. The molecule has 0 spiro atoms. The van der Waals surface area contributed by atoms with E-state index in [-0.39, 0.29) is 0 Å². The van der Waals surface area contributed by atoms with Gasteiger partial charge >= 0.3 is 9.10 Å². The normalized spacial score (nSPS) is 22.3. The summed E-state index contributed by atoms with van der Waals surface area (Å²) in [6.07, 6.45) is 0. The van der Waals surface area contributed by atoms with Gasteiger partial charge in [-0.3, -0.25) is 0 Å². The number of rotatable bonds is 5. The molecule has 0 aromatic carbocycles. The molecule has 0 N–H and O–H groups in total. The van der Waals surface area contributed by atoms with Gasteiger partial charge in [0.1, 0.15) is 0 Å². The molecule has 2 heterocycles. The first-order valence-corrected chi connectivity index (χ1v) is 10.9. The molecule has 2 aliphatic heterocycles. The van der Waals surface area contributed by atoms with Crippen LogP contribution in [-0.2, 0) is 0 Å². The van der Waals surface area contributed by atoms with Crippen molar-refractivity contribution in [1.82, 2.24) is 0 Å². The highest BCUT2D eigenvalue weighted by atomic mass is 32.3. The Balaban J connectivity index is 1.46. The van der Waals surface area contributed by atoms with Crippen LogP contribution in [0, 0.1) is 0 Å². The molecular formula is C6H12B2S6. The lowest BCUT2D eigenvalue weighted by Gasteiger charge is -2.05. The van der Waals surface area contributed by atoms with E-state index >= 15 is 0 Å². The monoisotopic (exact) mass is 298 g/mol. The summed E-state index contributed by atoms with van der Waals surface area (Å²) in [5, 5.41) is 0. The topological polar surface area (TPSA) is 0 Å². The molecule has 14 heavy (non-hydrogen) atoms. The van der Waals surface area contributed by atoms with Gasteiger partial charge < -0.3 is 0 Å². The van der Waals surface area contributed by atoms with Crippen LogP contribution >= 0.6 is 69.7 Å². The van der Waals surface area contributed by atoms with Gasteiger partial charge in [-0.25, -0.2) is 0 Å². The van der Waals surface area contributed by atoms with Gasteiger partial charge in [-0.1, -0.05) is 0 Å². The van der Waals surface area contributed by atoms with Gasteiger partial charge in [-0.05, 0) is 34.5 Å². The van der Waals surface area contributed by atoms with E-state index in [0.717, 1.165) is 9.10 Å². The minimum atomic E-state index is 0.847. The van der Waals surface area contributed by atoms with E-state index < -0.39 is 0 Å². The van der Waals surface area contributed by atoms with Crippen molar-refractivity contribution in [3.63, 3.8) is 0 Å². The molecule has 0 unspecified atom stereocenters. The van der Waals surface area contributed by atoms with Gasteiger partial charge in [-0.15, -0.1) is 0 Å². The van der Waals surface area contributed by atoms with Crippen molar-refractivity contribution in [3.8, 4) is 0 Å². The van der Waals surface area contributed by atoms with Crippen molar-refractivity contribution < 1.29 is 0 Å². The summed E-state index contributed by atoms with van der Waals surface area (Å²) in [4.78, 5) is 0. The van der Waals surface area contributed by atoms with E-state index in [2.05, 4.69) is 69.7 Å². The van der Waals surface area contributed by atoms with Crippen LogP contribution in [0.3, 0.4) is 0 Å². The zero-order valence-corrected chi connectivity index (χ0v) is 12.7. The quantitative estimate of drug-likeness (QED) is 0.559. The van der Waals surface area contributed by atoms with E-state index in [1.54, 1.807) is 0 Å². The first kappa shape index (κ1) is 12.7. The number of hydrogen-bond donors (Lipinski definition) is 0. The summed E-state index contributed by atoms with van der Waals surface area (Å²) in [7, 11) is 0. The molecule has 0 aromatic heterocycles. The van der Waals surface area contributed by atoms with Crippen molar-refractivity contribution >= 4 is 78.8 Å². The zero-order chi connectivity index (χ0) is 9.64. The molecule has 0 amide bonds. The van der Waals surface area contributed by atoms with Gasteiger partial charge in [0.2, 0.25) is 0 Å². The molecule has 0 saturated carbocycles. The Kier molecular flexibility index (Phi) is 6.83. The lowest BCUT2D eigenvalue weighted by atomic mass is 10.7. The van der Waals surface area contributed by atoms with Crippen LogP contribution in [0.25, 0.3) is 0 Å². The molecule has 0 radical (unpaired) electrons. The predicted molar refractivity (Wildman–Crippen MR) is 86.3 cm³/mol. The third kappa shape index (κ3) is 4.62. The highest BCUT2D eigenvalue weighted by molar-refractivity contribution is 8.79. The fourth-order valence-corrected chi connectivity index (χ4v) is 10.4. The summed E-state index contributed by atoms with van der Waals surface area (Å²) in [5.74, 6) is 8.14. The lowest BCUT2D eigenvalue weighted by Crippen LogP contribution is -1.99. The Hall–Kier alpha value is 2.23. The molecule has 0 aliphatic carbocycles. The van der Waals surface area contributed by atoms with Gasteiger partial charge in [0, 0.05) is 0 Å². The van der Waals surface area contributed by atoms with Crippen LogP contribution in [0.4, 0.5) is 0 Å². The summed E-state index contributed by atoms with van der Waals surface area (Å²) in [6.45, 7) is 0. The van der Waals surface area contributed by atoms with Crippen molar-refractivity contribution in [3.05, 3.63) is 0 Å². The van der Waals surface area contributed by atoms with E-state index in [4.69, 9.17) is 0 Å². The second-order valence-electron chi connectivity index (χ2n) is 2.80. The molecular weight excluding hydrogens is 286 g/mol. The van der Waals surface area contributed by atoms with Crippen molar-refractivity contribution in [2.24, 2.45) is 0 Å². The molecule has 8 heteroatoms. The van der Waals surface area contributed by atoms with Crippen LogP contribution in [0.15, 0.2) is 0 Å². The summed E-state index contributed by atoms with van der Waals surface area (Å²) < 4.78 is 1.69. The molecule has 2 saturated heterocycles. The second kappa shape index (κ2) is 7.54. The van der Waals surface area contributed by atoms with Gasteiger partial charge in [0.25, 0.3) is 0 Å². The van der Waals surface area contributed by atoms with Gasteiger partial charge in [0.15, 0.2) is 0 Å². The first-order valence-electron chi connectivity index (χ1n) is 4.65. The van der Waals surface area contributed by atoms with Gasteiger partial charge in [-0.2, -0.15) is 69.7 Å². The largest absolute Gasteiger partial charge is 0.341 e. The average molecular weight is 298 g/mol. The first-order chi connectivity index (χ1) is 6.95. The maximum absolute atomic E-state index is 2.15. The fraction of sp³-hybridized carbons (Fsp3) is 1.00. The molecule has 0 atom stereocenters. The maximum Gasteiger partial charge on any atom is 0.341 e. The van der Waals surface area contributed by atoms with E-state index in [0.29, 0.717) is 0 Å². The van der Waals surface area contributed by atoms with Crippen molar-refractivity contribution in [2.75, 3.05) is 34.5 Å². The Bertz CT molecular complexity index is 140. The lowest BCUT2D eigenvalue weighted by molar-refractivity contribution is 1.58. The Morgan fingerprint density at radius 2 is 1.07 bits per heavy atom. The molecule has 2 aliphatic rings. The third-order valence-corrected chi connectivity index (χ3v) is 11.7. The van der Waals surface area contributed by atoms with Crippen LogP contribution < -0.4 is 0 Å². The van der Waals surface area contributed by atoms with E-state index in [1.165, 1.54) is 34.5 Å². The van der Waals surface area contributed by atoms with Crippen LogP contribution in [0.2, 0.25) is 0 Å². The standard InChI is InChI=1S/C6H12B2S6/c1-2-10-7(9-1)13-5-6-14-8-11-3-4-12-8/h1-6H2. The molecule has 0 nitrogen and oxygen atoms in total. The maximum atomic E-state index is 2.15. The van der Waals surface area contributed by atoms with Crippen molar-refractivity contribution in [1.29, 1.82) is 0 Å². The van der Waals surface area contributed by atoms with Crippen molar-refractivity contribution in [2.45, 2.75) is 0 Å². The molecule has 0 bridgehead atoms. The number of hydrogen-bond acceptors (Lipinski definition) is 6. The van der Waals surface area contributed by atoms with Gasteiger partial charge in [0.05, 0.1) is 0 Å². The minimum Gasteiger partial charge on any atom is -0.183 e.